The van der Waals surface area contributed by atoms with E-state index < -0.39 is 5.82 Å². The zero-order valence-corrected chi connectivity index (χ0v) is 17.8. The summed E-state index contributed by atoms with van der Waals surface area (Å²) in [7, 11) is 1.91. The predicted octanol–water partition coefficient (Wildman–Crippen LogP) is 5.25. The van der Waals surface area contributed by atoms with Crippen LogP contribution in [-0.4, -0.2) is 31.4 Å². The number of rotatable bonds is 2. The van der Waals surface area contributed by atoms with E-state index in [4.69, 9.17) is 11.6 Å². The fourth-order valence-electron chi connectivity index (χ4n) is 3.39. The van der Waals surface area contributed by atoms with Crippen molar-refractivity contribution in [2.24, 2.45) is 4.99 Å². The Hall–Kier alpha value is -1.44. The van der Waals surface area contributed by atoms with E-state index in [1.165, 1.54) is 12.1 Å². The molecule has 0 saturated heterocycles. The van der Waals surface area contributed by atoms with Gasteiger partial charge in [-0.2, -0.15) is 0 Å². The maximum atomic E-state index is 13.6. The van der Waals surface area contributed by atoms with Crippen LogP contribution < -0.4 is 9.80 Å². The number of halogens is 4. The summed E-state index contributed by atoms with van der Waals surface area (Å²) in [4.78, 5) is 21.8. The van der Waals surface area contributed by atoms with Crippen molar-refractivity contribution in [1.82, 2.24) is 0 Å². The molecule has 2 aromatic carbocycles. The Morgan fingerprint density at radius 3 is 2.81 bits per heavy atom. The minimum Gasteiger partial charge on any atom is -0.312 e. The Morgan fingerprint density at radius 1 is 1.35 bits per heavy atom. The summed E-state index contributed by atoms with van der Waals surface area (Å²) in [6, 6.07) is 5.92. The van der Waals surface area contributed by atoms with E-state index in [1.54, 1.807) is 0 Å². The molecule has 0 fully saturated rings. The number of nitrogens with zero attached hydrogens (tertiary/aromatic N) is 3. The number of hydrogen-bond donors (Lipinski definition) is 0. The first-order valence-corrected chi connectivity index (χ1v) is 9.86. The van der Waals surface area contributed by atoms with Crippen molar-refractivity contribution in [1.29, 1.82) is 0 Å². The van der Waals surface area contributed by atoms with Gasteiger partial charge in [-0.05, 0) is 63.0 Å². The lowest BCUT2D eigenvalue weighted by Crippen LogP contribution is -2.37. The van der Waals surface area contributed by atoms with Gasteiger partial charge in [0, 0.05) is 17.1 Å². The van der Waals surface area contributed by atoms with E-state index in [0.29, 0.717) is 14.5 Å². The maximum absolute atomic E-state index is 13.6. The topological polar surface area (TPSA) is 35.9 Å². The Kier molecular flexibility index (Phi) is 4.36. The fourth-order valence-corrected chi connectivity index (χ4v) is 5.32. The number of hydrogen-bond acceptors (Lipinski definition) is 4. The molecule has 0 bridgehead atoms. The first-order chi connectivity index (χ1) is 12.3. The first kappa shape index (κ1) is 17.9. The third-order valence-corrected chi connectivity index (χ3v) is 6.35. The van der Waals surface area contributed by atoms with Crippen molar-refractivity contribution in [2.45, 2.75) is 13.0 Å². The Labute approximate surface area is 171 Å². The van der Waals surface area contributed by atoms with Crippen molar-refractivity contribution in [3.63, 3.8) is 0 Å². The average molecular weight is 502 g/mol. The molecule has 1 unspecified atom stereocenters. The van der Waals surface area contributed by atoms with Gasteiger partial charge in [-0.25, -0.2) is 4.39 Å². The van der Waals surface area contributed by atoms with E-state index in [2.05, 4.69) is 48.7 Å². The molecule has 4 rings (SSSR count). The number of ketones is 1. The van der Waals surface area contributed by atoms with Crippen LogP contribution in [0.3, 0.4) is 0 Å². The van der Waals surface area contributed by atoms with Gasteiger partial charge in [0.15, 0.2) is 5.78 Å². The summed E-state index contributed by atoms with van der Waals surface area (Å²) >= 11 is 13.2. The number of benzene rings is 2. The molecular formula is C18H13Br2ClFN3O. The van der Waals surface area contributed by atoms with Gasteiger partial charge in [-0.15, -0.1) is 0 Å². The van der Waals surface area contributed by atoms with Crippen LogP contribution >= 0.6 is 43.5 Å². The quantitative estimate of drug-likeness (QED) is 0.528. The summed E-state index contributed by atoms with van der Waals surface area (Å²) in [6.45, 7) is 2.83. The standard InChI is InChI=1S/C18H13Br2ClFN3O/c1-8-7-23-18-24(2)16-13(25(8)18)6-11(19)14(15(16)20)17(26)10-5-9(22)3-4-12(10)21/h3-6,8H,7H2,1-2H3. The van der Waals surface area contributed by atoms with Gasteiger partial charge in [-0.1, -0.05) is 11.6 Å². The second-order valence-electron chi connectivity index (χ2n) is 6.29. The maximum Gasteiger partial charge on any atom is 0.206 e. The molecule has 0 radical (unpaired) electrons. The van der Waals surface area contributed by atoms with Gasteiger partial charge < -0.3 is 9.80 Å². The van der Waals surface area contributed by atoms with Crippen LogP contribution in [0.4, 0.5) is 15.8 Å². The summed E-state index contributed by atoms with van der Waals surface area (Å²) < 4.78 is 14.9. The van der Waals surface area contributed by atoms with E-state index in [0.717, 1.165) is 29.9 Å². The summed E-state index contributed by atoms with van der Waals surface area (Å²) in [5.74, 6) is -0.00733. The minimum atomic E-state index is -0.507. The molecule has 1 atom stereocenters. The lowest BCUT2D eigenvalue weighted by atomic mass is 10.0. The molecule has 0 N–H and O–H groups in total. The van der Waals surface area contributed by atoms with Crippen LogP contribution in [0.15, 0.2) is 38.2 Å². The van der Waals surface area contributed by atoms with E-state index in [1.807, 2.05) is 18.0 Å². The lowest BCUT2D eigenvalue weighted by Gasteiger charge is -2.20. The van der Waals surface area contributed by atoms with Crippen LogP contribution in [0, 0.1) is 5.82 Å². The van der Waals surface area contributed by atoms with Gasteiger partial charge in [0.25, 0.3) is 0 Å². The zero-order chi connectivity index (χ0) is 18.7. The van der Waals surface area contributed by atoms with Gasteiger partial charge in [0.2, 0.25) is 5.96 Å². The van der Waals surface area contributed by atoms with Crippen LogP contribution in [-0.2, 0) is 0 Å². The number of carbonyl (C=O) groups excluding carboxylic acids is 1. The molecule has 0 saturated carbocycles. The summed E-state index contributed by atoms with van der Waals surface area (Å²) in [5, 5.41) is 0.211. The molecule has 4 nitrogen and oxygen atoms in total. The molecule has 26 heavy (non-hydrogen) atoms. The number of guanidine groups is 1. The Balaban J connectivity index is 1.90. The third kappa shape index (κ3) is 2.52. The average Bonchev–Trinajstić information content (AvgIpc) is 3.09. The van der Waals surface area contributed by atoms with Crippen LogP contribution in [0.2, 0.25) is 5.02 Å². The zero-order valence-electron chi connectivity index (χ0n) is 13.9. The third-order valence-electron chi connectivity index (χ3n) is 4.62. The monoisotopic (exact) mass is 499 g/mol. The number of aliphatic imine (C=N–C) groups is 1. The number of carbonyl (C=O) groups is 1. The Bertz CT molecular complexity index is 995. The number of anilines is 2. The Morgan fingerprint density at radius 2 is 2.08 bits per heavy atom. The van der Waals surface area contributed by atoms with Crippen molar-refractivity contribution in [2.75, 3.05) is 23.4 Å². The second-order valence-corrected chi connectivity index (χ2v) is 8.34. The SMILES string of the molecule is CC1CN=C2N(C)c3c(cc(Br)c(C(=O)c4cc(F)ccc4Cl)c3Br)N21. The van der Waals surface area contributed by atoms with E-state index in [-0.39, 0.29) is 22.4 Å². The second kappa shape index (κ2) is 6.32. The van der Waals surface area contributed by atoms with Gasteiger partial charge in [-0.3, -0.25) is 9.79 Å². The van der Waals surface area contributed by atoms with Gasteiger partial charge in [0.05, 0.1) is 39.0 Å². The molecule has 0 aliphatic carbocycles. The molecule has 134 valence electrons. The molecule has 2 aromatic rings. The summed E-state index contributed by atoms with van der Waals surface area (Å²) in [6.07, 6.45) is 0. The molecule has 0 spiro atoms. The highest BCUT2D eigenvalue weighted by Gasteiger charge is 2.40. The molecule has 8 heteroatoms. The first-order valence-electron chi connectivity index (χ1n) is 7.90. The van der Waals surface area contributed by atoms with Crippen LogP contribution in [0.25, 0.3) is 0 Å². The predicted molar refractivity (Wildman–Crippen MR) is 109 cm³/mol. The lowest BCUT2D eigenvalue weighted by molar-refractivity contribution is 0.103. The minimum absolute atomic E-state index is 0.125. The largest absolute Gasteiger partial charge is 0.312 e. The van der Waals surface area contributed by atoms with E-state index >= 15 is 0 Å². The fraction of sp³-hybridized carbons (Fsp3) is 0.222. The molecule has 2 aliphatic heterocycles. The van der Waals surface area contributed by atoms with E-state index in [9.17, 15) is 9.18 Å². The normalized spacial score (nSPS) is 18.1. The highest BCUT2D eigenvalue weighted by molar-refractivity contribution is 9.11. The molecule has 0 aromatic heterocycles. The van der Waals surface area contributed by atoms with Crippen molar-refractivity contribution < 1.29 is 9.18 Å². The molecule has 0 amide bonds. The van der Waals surface area contributed by atoms with Crippen LogP contribution in [0.1, 0.15) is 22.8 Å². The van der Waals surface area contributed by atoms with Gasteiger partial charge in [0.1, 0.15) is 5.82 Å². The van der Waals surface area contributed by atoms with Crippen LogP contribution in [0.5, 0.6) is 0 Å². The highest BCUT2D eigenvalue weighted by atomic mass is 79.9. The van der Waals surface area contributed by atoms with Crippen molar-refractivity contribution in [3.05, 3.63) is 55.2 Å². The summed E-state index contributed by atoms with van der Waals surface area (Å²) in [5.41, 5.74) is 2.35. The molecular weight excluding hydrogens is 488 g/mol. The molecule has 2 heterocycles. The molecule has 2 aliphatic rings. The highest BCUT2D eigenvalue weighted by Crippen LogP contribution is 2.49. The van der Waals surface area contributed by atoms with Gasteiger partial charge >= 0.3 is 0 Å². The van der Waals surface area contributed by atoms with Crippen molar-refractivity contribution in [3.8, 4) is 0 Å². The van der Waals surface area contributed by atoms with Crippen molar-refractivity contribution >= 4 is 66.6 Å². The smallest absolute Gasteiger partial charge is 0.206 e. The number of fused-ring (bicyclic) bond motifs is 3.